The van der Waals surface area contributed by atoms with Gasteiger partial charge in [0.05, 0.1) is 22.5 Å². The van der Waals surface area contributed by atoms with Gasteiger partial charge in [-0.25, -0.2) is 9.37 Å². The molecule has 4 rings (SSSR count). The van der Waals surface area contributed by atoms with Crippen molar-refractivity contribution in [3.63, 3.8) is 0 Å². The summed E-state index contributed by atoms with van der Waals surface area (Å²) in [6.45, 7) is 4.82. The highest BCUT2D eigenvalue weighted by Crippen LogP contribution is 2.26. The summed E-state index contributed by atoms with van der Waals surface area (Å²) in [6.07, 6.45) is 0. The molecule has 1 aliphatic rings. The van der Waals surface area contributed by atoms with Crippen molar-refractivity contribution >= 4 is 22.6 Å². The van der Waals surface area contributed by atoms with Gasteiger partial charge in [-0.05, 0) is 30.3 Å². The van der Waals surface area contributed by atoms with E-state index in [1.165, 1.54) is 24.3 Å². The predicted molar refractivity (Wildman–Crippen MR) is 105 cm³/mol. The highest BCUT2D eigenvalue weighted by Gasteiger charge is 2.22. The molecule has 150 valence electrons. The summed E-state index contributed by atoms with van der Waals surface area (Å²) < 4.78 is 15.3. The first kappa shape index (κ1) is 19.0. The molecule has 0 radical (unpaired) electrons. The van der Waals surface area contributed by atoms with Crippen molar-refractivity contribution < 1.29 is 14.1 Å². The van der Waals surface area contributed by atoms with E-state index in [9.17, 15) is 19.3 Å². The first-order chi connectivity index (χ1) is 13.9. The molecule has 0 aliphatic carbocycles. The number of imidazole rings is 1. The first-order valence-electron chi connectivity index (χ1n) is 9.32. The van der Waals surface area contributed by atoms with Crippen LogP contribution in [0.1, 0.15) is 12.7 Å². The number of nitrogens with zero attached hydrogens (tertiary/aromatic N) is 5. The fraction of sp³-hybridized carbons (Fsp3) is 0.300. The second-order valence-corrected chi connectivity index (χ2v) is 7.05. The molecule has 1 amide bonds. The number of piperazine rings is 1. The quantitative estimate of drug-likeness (QED) is 0.499. The average molecular weight is 397 g/mol. The van der Waals surface area contributed by atoms with E-state index in [2.05, 4.69) is 9.88 Å². The third kappa shape index (κ3) is 3.81. The molecule has 1 aliphatic heterocycles. The Hall–Kier alpha value is -3.33. The van der Waals surface area contributed by atoms with Gasteiger partial charge < -0.3 is 4.90 Å². The van der Waals surface area contributed by atoms with Gasteiger partial charge >= 0.3 is 0 Å². The summed E-state index contributed by atoms with van der Waals surface area (Å²) in [5.74, 6) is 0.439. The Kier molecular flexibility index (Phi) is 4.98. The summed E-state index contributed by atoms with van der Waals surface area (Å²) in [7, 11) is 0. The van der Waals surface area contributed by atoms with Crippen LogP contribution in [0.5, 0.6) is 0 Å². The number of amides is 1. The van der Waals surface area contributed by atoms with Gasteiger partial charge in [0.1, 0.15) is 11.6 Å². The maximum Gasteiger partial charge on any atom is 0.271 e. The van der Waals surface area contributed by atoms with E-state index in [0.29, 0.717) is 44.1 Å². The molecule has 29 heavy (non-hydrogen) atoms. The fourth-order valence-corrected chi connectivity index (χ4v) is 3.64. The monoisotopic (exact) mass is 397 g/mol. The Morgan fingerprint density at radius 1 is 1.14 bits per heavy atom. The normalized spacial score (nSPS) is 15.0. The molecule has 3 aromatic rings. The van der Waals surface area contributed by atoms with Crippen LogP contribution in [0.3, 0.4) is 0 Å². The van der Waals surface area contributed by atoms with Gasteiger partial charge in [0.25, 0.3) is 5.69 Å². The number of rotatable bonds is 4. The van der Waals surface area contributed by atoms with E-state index < -0.39 is 4.92 Å². The molecule has 0 atom stereocenters. The molecule has 2 heterocycles. The number of nitro groups is 1. The average Bonchev–Trinajstić information content (AvgIpc) is 3.06. The number of carbonyl (C=O) groups excluding carboxylic acids is 1. The highest BCUT2D eigenvalue weighted by molar-refractivity contribution is 5.80. The molecule has 2 aromatic carbocycles. The third-order valence-electron chi connectivity index (χ3n) is 5.19. The first-order valence-corrected chi connectivity index (χ1v) is 9.32. The second-order valence-electron chi connectivity index (χ2n) is 7.05. The van der Waals surface area contributed by atoms with Crippen molar-refractivity contribution in [1.29, 1.82) is 0 Å². The summed E-state index contributed by atoms with van der Waals surface area (Å²) in [5, 5.41) is 11.1. The minimum Gasteiger partial charge on any atom is -0.340 e. The summed E-state index contributed by atoms with van der Waals surface area (Å²) in [6, 6.07) is 10.6. The van der Waals surface area contributed by atoms with Crippen molar-refractivity contribution in [2.24, 2.45) is 0 Å². The molecule has 0 unspecified atom stereocenters. The van der Waals surface area contributed by atoms with Gasteiger partial charge in [-0.15, -0.1) is 0 Å². The third-order valence-corrected chi connectivity index (χ3v) is 5.19. The van der Waals surface area contributed by atoms with Crippen LogP contribution in [-0.4, -0.2) is 56.4 Å². The van der Waals surface area contributed by atoms with E-state index >= 15 is 0 Å². The molecule has 0 saturated carbocycles. The molecular weight excluding hydrogens is 377 g/mol. The number of halogens is 1. The lowest BCUT2D eigenvalue weighted by Crippen LogP contribution is -2.47. The van der Waals surface area contributed by atoms with Gasteiger partial charge in [0.2, 0.25) is 5.91 Å². The minimum absolute atomic E-state index is 0.0251. The largest absolute Gasteiger partial charge is 0.340 e. The Morgan fingerprint density at radius 3 is 2.45 bits per heavy atom. The Bertz CT molecular complexity index is 1070. The van der Waals surface area contributed by atoms with Crippen LogP contribution in [0.15, 0.2) is 42.5 Å². The van der Waals surface area contributed by atoms with Crippen molar-refractivity contribution in [2.45, 2.75) is 13.5 Å². The van der Waals surface area contributed by atoms with Crippen LogP contribution in [-0.2, 0) is 11.3 Å². The number of fused-ring (bicyclic) bond motifs is 1. The van der Waals surface area contributed by atoms with E-state index in [1.807, 2.05) is 9.47 Å². The number of hydrogen-bond donors (Lipinski definition) is 0. The van der Waals surface area contributed by atoms with Crippen molar-refractivity contribution in [3.05, 3.63) is 64.2 Å². The van der Waals surface area contributed by atoms with Crippen molar-refractivity contribution in [1.82, 2.24) is 19.4 Å². The van der Waals surface area contributed by atoms with E-state index in [-0.39, 0.29) is 17.4 Å². The van der Waals surface area contributed by atoms with Crippen LogP contribution in [0, 0.1) is 15.9 Å². The molecule has 9 heteroatoms. The summed E-state index contributed by atoms with van der Waals surface area (Å²) >= 11 is 0. The Balaban J connectivity index is 1.71. The number of carbonyl (C=O) groups is 1. The second kappa shape index (κ2) is 7.59. The van der Waals surface area contributed by atoms with Crippen LogP contribution < -0.4 is 0 Å². The maximum absolute atomic E-state index is 13.4. The molecule has 0 N–H and O–H groups in total. The summed E-state index contributed by atoms with van der Waals surface area (Å²) in [5.41, 5.74) is 1.95. The topological polar surface area (TPSA) is 84.5 Å². The zero-order valence-electron chi connectivity index (χ0n) is 15.9. The standard InChI is InChI=1S/C20H20FN5O3/c1-14(27)24-10-8-23(9-11-24)13-20-22-18-12-17(26(28)29)6-7-19(18)25(20)16-4-2-15(21)3-5-16/h2-7,12H,8-11,13H2,1H3. The Morgan fingerprint density at radius 2 is 1.83 bits per heavy atom. The summed E-state index contributed by atoms with van der Waals surface area (Å²) in [4.78, 5) is 30.9. The van der Waals surface area contributed by atoms with Crippen LogP contribution >= 0.6 is 0 Å². The van der Waals surface area contributed by atoms with E-state index in [0.717, 1.165) is 11.2 Å². The SMILES string of the molecule is CC(=O)N1CCN(Cc2nc3cc([N+](=O)[O-])ccc3n2-c2ccc(F)cc2)CC1. The number of benzene rings is 2. The number of hydrogen-bond acceptors (Lipinski definition) is 5. The van der Waals surface area contributed by atoms with Crippen LogP contribution in [0.25, 0.3) is 16.7 Å². The van der Waals surface area contributed by atoms with Crippen molar-refractivity contribution in [2.75, 3.05) is 26.2 Å². The molecule has 0 bridgehead atoms. The van der Waals surface area contributed by atoms with E-state index in [4.69, 9.17) is 0 Å². The molecule has 1 saturated heterocycles. The van der Waals surface area contributed by atoms with Gasteiger partial charge in [-0.1, -0.05) is 0 Å². The minimum atomic E-state index is -0.447. The number of aromatic nitrogens is 2. The molecule has 8 nitrogen and oxygen atoms in total. The van der Waals surface area contributed by atoms with Gasteiger partial charge in [0, 0.05) is 50.9 Å². The molecule has 0 spiro atoms. The predicted octanol–water partition coefficient (Wildman–Crippen LogP) is 2.74. The highest BCUT2D eigenvalue weighted by atomic mass is 19.1. The van der Waals surface area contributed by atoms with Gasteiger partial charge in [-0.3, -0.25) is 24.4 Å². The zero-order chi connectivity index (χ0) is 20.5. The number of non-ortho nitro benzene ring substituents is 1. The molecular formula is C20H20FN5O3. The Labute approximate surface area is 166 Å². The van der Waals surface area contributed by atoms with Crippen LogP contribution in [0.4, 0.5) is 10.1 Å². The zero-order valence-corrected chi connectivity index (χ0v) is 15.9. The molecule has 1 aromatic heterocycles. The fourth-order valence-electron chi connectivity index (χ4n) is 3.64. The molecule has 1 fully saturated rings. The lowest BCUT2D eigenvalue weighted by atomic mass is 10.2. The smallest absolute Gasteiger partial charge is 0.271 e. The lowest BCUT2D eigenvalue weighted by Gasteiger charge is -2.34. The van der Waals surface area contributed by atoms with Crippen molar-refractivity contribution in [3.8, 4) is 5.69 Å². The lowest BCUT2D eigenvalue weighted by molar-refractivity contribution is -0.384. The maximum atomic E-state index is 13.4. The van der Waals surface area contributed by atoms with E-state index in [1.54, 1.807) is 25.1 Å². The van der Waals surface area contributed by atoms with Crippen LogP contribution in [0.2, 0.25) is 0 Å². The number of nitro benzene ring substituents is 1. The van der Waals surface area contributed by atoms with Gasteiger partial charge in [-0.2, -0.15) is 0 Å². The van der Waals surface area contributed by atoms with Gasteiger partial charge in [0.15, 0.2) is 0 Å².